The molecule has 2 atom stereocenters. The summed E-state index contributed by atoms with van der Waals surface area (Å²) in [6, 6.07) is 10.1. The molecule has 0 spiro atoms. The molecule has 8 nitrogen and oxygen atoms in total. The maximum atomic E-state index is 10.2. The van der Waals surface area contributed by atoms with E-state index < -0.39 is 33.7 Å². The Hall–Kier alpha value is -0.494. The van der Waals surface area contributed by atoms with Crippen molar-refractivity contribution in [1.82, 2.24) is 0 Å². The van der Waals surface area contributed by atoms with E-state index in [0.29, 0.717) is 0 Å². The second kappa shape index (κ2) is 22.7. The van der Waals surface area contributed by atoms with Gasteiger partial charge in [-0.25, -0.2) is 0 Å². The first-order chi connectivity index (χ1) is 16.1. The van der Waals surface area contributed by atoms with Gasteiger partial charge in [-0.3, -0.25) is 14.1 Å². The van der Waals surface area contributed by atoms with Crippen molar-refractivity contribution in [3.05, 3.63) is 37.3 Å². The summed E-state index contributed by atoms with van der Waals surface area (Å²) in [6.45, 7) is 6.30. The van der Waals surface area contributed by atoms with E-state index in [2.05, 4.69) is 13.8 Å². The van der Waals surface area contributed by atoms with Crippen LogP contribution in [0.25, 0.3) is 0 Å². The number of rotatable bonds is 18. The Labute approximate surface area is 253 Å². The van der Waals surface area contributed by atoms with Crippen LogP contribution in [0.3, 0.4) is 0 Å². The number of carboxylic acid groups (broad SMARTS) is 2. The molecule has 196 valence electrons. The summed E-state index contributed by atoms with van der Waals surface area (Å²) >= 11 is 0. The van der Waals surface area contributed by atoms with Gasteiger partial charge in [-0.1, -0.05) is 82.9 Å². The number of benzene rings is 1. The zero-order chi connectivity index (χ0) is 25.8. The number of para-hydroxylation sites is 1. The first-order valence-corrected chi connectivity index (χ1v) is 13.5. The van der Waals surface area contributed by atoms with E-state index in [9.17, 15) is 18.0 Å². The van der Waals surface area contributed by atoms with Gasteiger partial charge in [-0.15, -0.1) is 6.42 Å². The molecule has 0 heterocycles. The normalized spacial score (nSPS) is 12.4. The van der Waals surface area contributed by atoms with Gasteiger partial charge in [-0.2, -0.15) is 8.42 Å². The maximum absolute atomic E-state index is 10.2. The van der Waals surface area contributed by atoms with E-state index in [1.165, 1.54) is 64.2 Å². The number of unbranched alkanes of at least 4 members (excludes halogenated alkanes) is 9. The minimum atomic E-state index is -4.84. The molecule has 2 unspecified atom stereocenters. The fourth-order valence-electron chi connectivity index (χ4n) is 3.29. The Morgan fingerprint density at radius 3 is 1.77 bits per heavy atom. The average Bonchev–Trinajstić information content (AvgIpc) is 2.78. The Bertz CT molecular complexity index is 771. The molecule has 1 aromatic carbocycles. The monoisotopic (exact) mass is 540 g/mol. The van der Waals surface area contributed by atoms with Crippen LogP contribution in [0.2, 0.25) is 0 Å². The molecule has 0 fully saturated rings. The standard InChI is InChI=1S/C21H35O.C4H6O7S.K/c1-3-5-6-7-8-9-10-11-12-14-17-20(4-2)22-21-18-15-13-16-19-21;5-3(6)1-2(4(7)8)12(9,10)11;/h13,15-16,18-20H,2-12,14,17H2,1H3;2H,1H2,(H,5,6)(H,7,8)(H,9,10,11);/q-1;;+1. The van der Waals surface area contributed by atoms with Crippen LogP contribution in [0.4, 0.5) is 0 Å². The van der Waals surface area contributed by atoms with Gasteiger partial charge in [0.2, 0.25) is 0 Å². The maximum Gasteiger partial charge on any atom is 1.00 e. The Balaban J connectivity index is 0. The minimum Gasteiger partial charge on any atom is -0.493 e. The van der Waals surface area contributed by atoms with Crippen molar-refractivity contribution < 1.29 is 88.9 Å². The van der Waals surface area contributed by atoms with Crippen molar-refractivity contribution in [3.63, 3.8) is 0 Å². The number of aliphatic carboxylic acids is 2. The largest absolute Gasteiger partial charge is 1.00 e. The van der Waals surface area contributed by atoms with Crippen molar-refractivity contribution in [1.29, 1.82) is 0 Å². The van der Waals surface area contributed by atoms with Gasteiger partial charge in [0.25, 0.3) is 10.1 Å². The quantitative estimate of drug-likeness (QED) is 0.112. The average molecular weight is 541 g/mol. The SMILES string of the molecule is O=C(O)CC(C(=O)O)S(=O)(=O)O.[CH2-]CC(CCCCCCCCCCCC)Oc1ccccc1.[K+]. The fraction of sp³-hybridized carbons (Fsp3) is 0.640. The van der Waals surface area contributed by atoms with Crippen molar-refractivity contribution in [2.75, 3.05) is 0 Å². The molecule has 0 aliphatic heterocycles. The zero-order valence-corrected chi connectivity index (χ0v) is 25.2. The van der Waals surface area contributed by atoms with Gasteiger partial charge in [0.05, 0.1) is 12.5 Å². The third-order valence-electron chi connectivity index (χ3n) is 5.24. The van der Waals surface area contributed by atoms with E-state index in [1.807, 2.05) is 30.3 Å². The molecule has 0 saturated carbocycles. The number of hydrogen-bond donors (Lipinski definition) is 3. The van der Waals surface area contributed by atoms with Crippen molar-refractivity contribution in [2.24, 2.45) is 0 Å². The molecule has 0 radical (unpaired) electrons. The van der Waals surface area contributed by atoms with Crippen molar-refractivity contribution >= 4 is 22.1 Å². The number of ether oxygens (including phenoxy) is 1. The summed E-state index contributed by atoms with van der Waals surface area (Å²) in [4.78, 5) is 20.0. The molecule has 0 aliphatic carbocycles. The van der Waals surface area contributed by atoms with E-state index in [-0.39, 0.29) is 57.5 Å². The van der Waals surface area contributed by atoms with Crippen LogP contribution in [0.15, 0.2) is 30.3 Å². The van der Waals surface area contributed by atoms with Gasteiger partial charge < -0.3 is 21.9 Å². The van der Waals surface area contributed by atoms with E-state index in [4.69, 9.17) is 19.5 Å². The van der Waals surface area contributed by atoms with Crippen molar-refractivity contribution in [2.45, 2.75) is 102 Å². The molecular weight excluding hydrogens is 499 g/mol. The molecule has 1 aromatic rings. The third kappa shape index (κ3) is 21.3. The predicted molar refractivity (Wildman–Crippen MR) is 133 cm³/mol. The number of hydrogen-bond acceptors (Lipinski definition) is 5. The Morgan fingerprint density at radius 1 is 0.914 bits per heavy atom. The molecule has 1 rings (SSSR count). The van der Waals surface area contributed by atoms with E-state index in [0.717, 1.165) is 18.6 Å². The van der Waals surface area contributed by atoms with Gasteiger partial charge in [-0.05, 0) is 25.0 Å². The smallest absolute Gasteiger partial charge is 0.493 e. The predicted octanol–water partition coefficient (Wildman–Crippen LogP) is 2.78. The first-order valence-electron chi connectivity index (χ1n) is 12.0. The second-order valence-corrected chi connectivity index (χ2v) is 9.85. The van der Waals surface area contributed by atoms with E-state index in [1.54, 1.807) is 0 Å². The van der Waals surface area contributed by atoms with Gasteiger partial charge in [0.15, 0.2) is 5.25 Å². The number of carboxylic acids is 2. The van der Waals surface area contributed by atoms with Crippen LogP contribution in [0.5, 0.6) is 5.75 Å². The summed E-state index contributed by atoms with van der Waals surface area (Å²) in [5.74, 6) is -2.52. The fourth-order valence-corrected chi connectivity index (χ4v) is 3.90. The summed E-state index contributed by atoms with van der Waals surface area (Å²) in [7, 11) is -4.84. The molecule has 0 amide bonds. The Kier molecular flexibility index (Phi) is 23.8. The molecule has 0 aromatic heterocycles. The van der Waals surface area contributed by atoms with Crippen LogP contribution in [-0.2, 0) is 19.7 Å². The van der Waals surface area contributed by atoms with Crippen LogP contribution in [-0.4, -0.2) is 46.5 Å². The molecule has 0 aliphatic rings. The number of carbonyl (C=O) groups is 2. The molecule has 0 bridgehead atoms. The van der Waals surface area contributed by atoms with Gasteiger partial charge >= 0.3 is 63.3 Å². The molecular formula is C25H41KO8S. The van der Waals surface area contributed by atoms with Crippen LogP contribution in [0, 0.1) is 6.92 Å². The van der Waals surface area contributed by atoms with Crippen molar-refractivity contribution in [3.8, 4) is 5.75 Å². The summed E-state index contributed by atoms with van der Waals surface area (Å²) in [5.41, 5.74) is 0. The zero-order valence-electron chi connectivity index (χ0n) is 21.2. The third-order valence-corrected chi connectivity index (χ3v) is 6.33. The van der Waals surface area contributed by atoms with Crippen LogP contribution in [0.1, 0.15) is 90.4 Å². The van der Waals surface area contributed by atoms with Crippen LogP contribution < -0.4 is 56.1 Å². The molecule has 0 saturated heterocycles. The van der Waals surface area contributed by atoms with Gasteiger partial charge in [0, 0.05) is 0 Å². The summed E-state index contributed by atoms with van der Waals surface area (Å²) < 4.78 is 34.6. The molecule has 10 heteroatoms. The molecule has 35 heavy (non-hydrogen) atoms. The summed E-state index contributed by atoms with van der Waals surface area (Å²) in [6.07, 6.45) is 15.0. The minimum absolute atomic E-state index is 0. The van der Waals surface area contributed by atoms with E-state index >= 15 is 0 Å². The first kappa shape index (κ1) is 36.7. The van der Waals surface area contributed by atoms with Crippen LogP contribution >= 0.6 is 0 Å². The van der Waals surface area contributed by atoms with Gasteiger partial charge in [0.1, 0.15) is 5.75 Å². The summed E-state index contributed by atoms with van der Waals surface area (Å²) in [5, 5.41) is 13.9. The molecule has 3 N–H and O–H groups in total. The second-order valence-electron chi connectivity index (χ2n) is 8.25. The Morgan fingerprint density at radius 2 is 1.40 bits per heavy atom. The topological polar surface area (TPSA) is 138 Å².